The van der Waals surface area contributed by atoms with Gasteiger partial charge in [-0.1, -0.05) is 18.2 Å². The molecule has 2 heterocycles. The average Bonchev–Trinajstić information content (AvgIpc) is 3.06. The lowest BCUT2D eigenvalue weighted by molar-refractivity contribution is -0.129. The first-order valence-electron chi connectivity index (χ1n) is 9.42. The summed E-state index contributed by atoms with van der Waals surface area (Å²) in [5.74, 6) is 1.16. The van der Waals surface area contributed by atoms with Crippen molar-refractivity contribution in [2.45, 2.75) is 25.7 Å². The van der Waals surface area contributed by atoms with E-state index in [-0.39, 0.29) is 17.7 Å². The Labute approximate surface area is 154 Å². The smallest absolute Gasteiger partial charge is 0.225 e. The van der Waals surface area contributed by atoms with Crippen molar-refractivity contribution in [3.63, 3.8) is 0 Å². The van der Waals surface area contributed by atoms with Crippen LogP contribution in [0.25, 0.3) is 0 Å². The molecule has 2 fully saturated rings. The van der Waals surface area contributed by atoms with Gasteiger partial charge >= 0.3 is 0 Å². The zero-order chi connectivity index (χ0) is 18.4. The Morgan fingerprint density at radius 2 is 2.08 bits per heavy atom. The fourth-order valence-corrected chi connectivity index (χ4v) is 3.67. The molecule has 0 unspecified atom stereocenters. The van der Waals surface area contributed by atoms with Gasteiger partial charge in [0.1, 0.15) is 5.75 Å². The van der Waals surface area contributed by atoms with Gasteiger partial charge in [-0.3, -0.25) is 9.59 Å². The van der Waals surface area contributed by atoms with E-state index in [1.165, 1.54) is 0 Å². The highest BCUT2D eigenvalue weighted by atomic mass is 16.5. The number of carbonyl (C=O) groups excluding carboxylic acids is 2. The van der Waals surface area contributed by atoms with Gasteiger partial charge in [0.05, 0.1) is 13.0 Å². The molecule has 1 N–H and O–H groups in total. The highest BCUT2D eigenvalue weighted by Crippen LogP contribution is 2.22. The van der Waals surface area contributed by atoms with Gasteiger partial charge in [-0.2, -0.15) is 0 Å². The molecule has 0 spiro atoms. The first kappa shape index (κ1) is 18.7. The number of ether oxygens (including phenoxy) is 2. The number of nitrogens with one attached hydrogen (secondary N) is 1. The predicted molar refractivity (Wildman–Crippen MR) is 97.9 cm³/mol. The molecule has 6 heteroatoms. The summed E-state index contributed by atoms with van der Waals surface area (Å²) in [7, 11) is 1.65. The van der Waals surface area contributed by atoms with Gasteiger partial charge in [-0.05, 0) is 36.8 Å². The van der Waals surface area contributed by atoms with Crippen LogP contribution in [0.1, 0.15) is 24.8 Å². The Morgan fingerprint density at radius 3 is 2.85 bits per heavy atom. The van der Waals surface area contributed by atoms with Crippen molar-refractivity contribution in [2.24, 2.45) is 11.8 Å². The number of rotatable bonds is 7. The zero-order valence-electron chi connectivity index (χ0n) is 15.4. The van der Waals surface area contributed by atoms with Crippen LogP contribution < -0.4 is 10.1 Å². The fourth-order valence-electron chi connectivity index (χ4n) is 3.67. The molecule has 1 aromatic carbocycles. The van der Waals surface area contributed by atoms with Crippen LogP contribution in [0.5, 0.6) is 5.75 Å². The molecule has 2 aliphatic heterocycles. The van der Waals surface area contributed by atoms with E-state index in [1.807, 2.05) is 24.3 Å². The second-order valence-electron chi connectivity index (χ2n) is 7.10. The van der Waals surface area contributed by atoms with Gasteiger partial charge in [-0.25, -0.2) is 0 Å². The van der Waals surface area contributed by atoms with Gasteiger partial charge in [0.15, 0.2) is 0 Å². The number of methoxy groups -OCH3 is 1. The zero-order valence-corrected chi connectivity index (χ0v) is 15.4. The molecule has 1 aromatic rings. The Morgan fingerprint density at radius 1 is 1.31 bits per heavy atom. The maximum atomic E-state index is 12.4. The number of hydrogen-bond acceptors (Lipinski definition) is 4. The average molecular weight is 360 g/mol. The maximum absolute atomic E-state index is 12.4. The Bertz CT molecular complexity index is 628. The number of carbonyl (C=O) groups is 2. The number of para-hydroxylation sites is 1. The first-order valence-corrected chi connectivity index (χ1v) is 9.42. The summed E-state index contributed by atoms with van der Waals surface area (Å²) in [5, 5.41) is 3.03. The molecule has 0 radical (unpaired) electrons. The fraction of sp³-hybridized carbons (Fsp3) is 0.600. The molecule has 3 rings (SSSR count). The third kappa shape index (κ3) is 4.75. The molecular weight excluding hydrogens is 332 g/mol. The normalized spacial score (nSPS) is 21.0. The van der Waals surface area contributed by atoms with Crippen molar-refractivity contribution >= 4 is 11.8 Å². The largest absolute Gasteiger partial charge is 0.496 e. The van der Waals surface area contributed by atoms with Gasteiger partial charge in [0.25, 0.3) is 0 Å². The van der Waals surface area contributed by atoms with Gasteiger partial charge in [0.2, 0.25) is 11.8 Å². The van der Waals surface area contributed by atoms with Crippen molar-refractivity contribution in [2.75, 3.05) is 40.0 Å². The maximum Gasteiger partial charge on any atom is 0.225 e. The second kappa shape index (κ2) is 9.03. The summed E-state index contributed by atoms with van der Waals surface area (Å²) < 4.78 is 10.7. The first-order chi connectivity index (χ1) is 12.7. The molecule has 2 saturated heterocycles. The van der Waals surface area contributed by atoms with Crippen molar-refractivity contribution in [3.8, 4) is 5.75 Å². The summed E-state index contributed by atoms with van der Waals surface area (Å²) >= 11 is 0. The van der Waals surface area contributed by atoms with E-state index in [0.29, 0.717) is 32.0 Å². The molecular formula is C20H28N2O4. The quantitative estimate of drug-likeness (QED) is 0.803. The molecule has 0 saturated carbocycles. The number of hydrogen-bond donors (Lipinski definition) is 1. The van der Waals surface area contributed by atoms with Crippen LogP contribution in [0, 0.1) is 11.8 Å². The van der Waals surface area contributed by atoms with Crippen LogP contribution in [0.15, 0.2) is 24.3 Å². The summed E-state index contributed by atoms with van der Waals surface area (Å²) in [4.78, 5) is 26.5. The minimum atomic E-state index is -0.236. The summed E-state index contributed by atoms with van der Waals surface area (Å²) in [6.45, 7) is 3.36. The number of benzene rings is 1. The van der Waals surface area contributed by atoms with Crippen molar-refractivity contribution in [1.82, 2.24) is 10.2 Å². The summed E-state index contributed by atoms with van der Waals surface area (Å²) in [6, 6.07) is 7.84. The van der Waals surface area contributed by atoms with E-state index in [2.05, 4.69) is 5.32 Å². The number of amides is 2. The second-order valence-corrected chi connectivity index (χ2v) is 7.10. The van der Waals surface area contributed by atoms with Crippen LogP contribution in [0.2, 0.25) is 0 Å². The van der Waals surface area contributed by atoms with Crippen molar-refractivity contribution in [3.05, 3.63) is 29.8 Å². The predicted octanol–water partition coefficient (Wildman–Crippen LogP) is 1.63. The minimum Gasteiger partial charge on any atom is -0.496 e. The van der Waals surface area contributed by atoms with Crippen molar-refractivity contribution in [1.29, 1.82) is 0 Å². The van der Waals surface area contributed by atoms with Crippen molar-refractivity contribution < 1.29 is 19.1 Å². The van der Waals surface area contributed by atoms with E-state index in [0.717, 1.165) is 43.8 Å². The Kier molecular flexibility index (Phi) is 6.50. The summed E-state index contributed by atoms with van der Waals surface area (Å²) in [5.41, 5.74) is 1.08. The Hall–Kier alpha value is -2.08. The third-order valence-electron chi connectivity index (χ3n) is 5.33. The molecule has 2 aliphatic rings. The monoisotopic (exact) mass is 360 g/mol. The third-order valence-corrected chi connectivity index (χ3v) is 5.33. The minimum absolute atomic E-state index is 0.00429. The van der Waals surface area contributed by atoms with E-state index in [9.17, 15) is 9.59 Å². The molecule has 0 aliphatic carbocycles. The van der Waals surface area contributed by atoms with E-state index in [1.54, 1.807) is 12.0 Å². The van der Waals surface area contributed by atoms with Gasteiger partial charge in [-0.15, -0.1) is 0 Å². The SMILES string of the molecule is COc1ccccc1CCN1C[C@H](C(=O)NCC2CCOCC2)CC1=O. The molecule has 0 aromatic heterocycles. The van der Waals surface area contributed by atoms with Crippen LogP contribution in [0.3, 0.4) is 0 Å². The Balaban J connectivity index is 1.46. The molecule has 0 bridgehead atoms. The molecule has 142 valence electrons. The molecule has 26 heavy (non-hydrogen) atoms. The standard InChI is InChI=1S/C20H28N2O4/c1-25-18-5-3-2-4-16(18)6-9-22-14-17(12-19(22)23)20(24)21-13-15-7-10-26-11-8-15/h2-5,15,17H,6-14H2,1H3,(H,21,24)/t17-/m1/s1. The molecule has 1 atom stereocenters. The lowest BCUT2D eigenvalue weighted by Crippen LogP contribution is -2.37. The molecule has 2 amide bonds. The van der Waals surface area contributed by atoms with Crippen LogP contribution in [-0.2, 0) is 20.7 Å². The van der Waals surface area contributed by atoms with Gasteiger partial charge < -0.3 is 19.7 Å². The van der Waals surface area contributed by atoms with Crippen LogP contribution >= 0.6 is 0 Å². The van der Waals surface area contributed by atoms with Crippen LogP contribution in [0.4, 0.5) is 0 Å². The topological polar surface area (TPSA) is 67.9 Å². The number of nitrogens with zero attached hydrogens (tertiary/aromatic N) is 1. The van der Waals surface area contributed by atoms with E-state index >= 15 is 0 Å². The van der Waals surface area contributed by atoms with E-state index < -0.39 is 0 Å². The van der Waals surface area contributed by atoms with E-state index in [4.69, 9.17) is 9.47 Å². The van der Waals surface area contributed by atoms with Gasteiger partial charge in [0, 0.05) is 39.3 Å². The summed E-state index contributed by atoms with van der Waals surface area (Å²) in [6.07, 6.45) is 3.03. The lowest BCUT2D eigenvalue weighted by atomic mass is 10.00. The highest BCUT2D eigenvalue weighted by Gasteiger charge is 2.34. The lowest BCUT2D eigenvalue weighted by Gasteiger charge is -2.23. The number of likely N-dealkylation sites (tertiary alicyclic amines) is 1. The van der Waals surface area contributed by atoms with Crippen LogP contribution in [-0.4, -0.2) is 56.7 Å². The molecule has 6 nitrogen and oxygen atoms in total. The highest BCUT2D eigenvalue weighted by molar-refractivity contribution is 5.89.